The molecule has 18 heavy (non-hydrogen) atoms. The Morgan fingerprint density at radius 2 is 1.89 bits per heavy atom. The predicted octanol–water partition coefficient (Wildman–Crippen LogP) is 3.09. The Labute approximate surface area is 112 Å². The summed E-state index contributed by atoms with van der Waals surface area (Å²) < 4.78 is 4.99. The van der Waals surface area contributed by atoms with Gasteiger partial charge in [-0.1, -0.05) is 13.8 Å². The van der Waals surface area contributed by atoms with Crippen molar-refractivity contribution in [3.63, 3.8) is 0 Å². The Balaban J connectivity index is 2.30. The summed E-state index contributed by atoms with van der Waals surface area (Å²) in [5, 5.41) is 0. The first-order valence-electron chi connectivity index (χ1n) is 7.30. The predicted molar refractivity (Wildman–Crippen MR) is 74.5 cm³/mol. The van der Waals surface area contributed by atoms with Gasteiger partial charge in [0.15, 0.2) is 0 Å². The minimum absolute atomic E-state index is 0.278. The summed E-state index contributed by atoms with van der Waals surface area (Å²) >= 11 is 0. The number of carbonyl (C=O) groups is 1. The number of hydrogen-bond donors (Lipinski definition) is 0. The maximum atomic E-state index is 12.0. The monoisotopic (exact) mass is 255 g/mol. The van der Waals surface area contributed by atoms with Crippen molar-refractivity contribution in [1.82, 2.24) is 4.90 Å². The maximum absolute atomic E-state index is 12.0. The molecule has 0 radical (unpaired) electrons. The van der Waals surface area contributed by atoms with E-state index in [4.69, 9.17) is 4.74 Å². The van der Waals surface area contributed by atoms with Gasteiger partial charge in [0, 0.05) is 33.2 Å². The quantitative estimate of drug-likeness (QED) is 0.683. The Hall–Kier alpha value is -0.570. The van der Waals surface area contributed by atoms with Gasteiger partial charge in [-0.25, -0.2) is 0 Å². The molecule has 1 saturated carbocycles. The van der Waals surface area contributed by atoms with Gasteiger partial charge < -0.3 is 9.64 Å². The molecule has 0 aromatic rings. The molecule has 0 bridgehead atoms. The second kappa shape index (κ2) is 7.78. The smallest absolute Gasteiger partial charge is 0.222 e. The zero-order chi connectivity index (χ0) is 13.5. The van der Waals surface area contributed by atoms with E-state index in [1.54, 1.807) is 7.11 Å². The van der Waals surface area contributed by atoms with Gasteiger partial charge in [0.1, 0.15) is 0 Å². The molecule has 0 aliphatic heterocycles. The van der Waals surface area contributed by atoms with Gasteiger partial charge in [0.25, 0.3) is 0 Å². The molecule has 1 amide bonds. The van der Waals surface area contributed by atoms with Crippen LogP contribution >= 0.6 is 0 Å². The van der Waals surface area contributed by atoms with E-state index < -0.39 is 0 Å². The zero-order valence-electron chi connectivity index (χ0n) is 12.4. The Morgan fingerprint density at radius 1 is 1.28 bits per heavy atom. The van der Waals surface area contributed by atoms with E-state index in [9.17, 15) is 4.79 Å². The standard InChI is InChI=1S/C15H29NO2/c1-12(2)13-7-9-14(10-8-13)16(3)15(17)6-5-11-18-4/h12-14H,5-11H2,1-4H3. The molecule has 1 aliphatic carbocycles. The third-order valence-electron chi connectivity index (χ3n) is 4.36. The summed E-state index contributed by atoms with van der Waals surface area (Å²) in [4.78, 5) is 14.0. The van der Waals surface area contributed by atoms with Gasteiger partial charge in [0.2, 0.25) is 5.91 Å². The molecule has 106 valence electrons. The highest BCUT2D eigenvalue weighted by molar-refractivity contribution is 5.76. The molecular formula is C15H29NO2. The van der Waals surface area contributed by atoms with E-state index in [1.807, 2.05) is 11.9 Å². The molecule has 0 saturated heterocycles. The van der Waals surface area contributed by atoms with Gasteiger partial charge in [-0.05, 0) is 43.9 Å². The molecule has 1 fully saturated rings. The van der Waals surface area contributed by atoms with Gasteiger partial charge in [-0.2, -0.15) is 0 Å². The number of carbonyl (C=O) groups excluding carboxylic acids is 1. The second-order valence-electron chi connectivity index (χ2n) is 5.91. The van der Waals surface area contributed by atoms with Crippen molar-refractivity contribution in [2.24, 2.45) is 11.8 Å². The number of ether oxygens (including phenoxy) is 1. The lowest BCUT2D eigenvalue weighted by Crippen LogP contribution is -2.40. The Morgan fingerprint density at radius 3 is 2.39 bits per heavy atom. The van der Waals surface area contributed by atoms with Crippen LogP contribution in [0.15, 0.2) is 0 Å². The van der Waals surface area contributed by atoms with Crippen LogP contribution in [0.4, 0.5) is 0 Å². The molecule has 0 atom stereocenters. The lowest BCUT2D eigenvalue weighted by molar-refractivity contribution is -0.133. The molecular weight excluding hydrogens is 226 g/mol. The fourth-order valence-corrected chi connectivity index (χ4v) is 2.90. The highest BCUT2D eigenvalue weighted by Gasteiger charge is 2.27. The average Bonchev–Trinajstić information content (AvgIpc) is 2.38. The summed E-state index contributed by atoms with van der Waals surface area (Å²) in [6, 6.07) is 0.468. The Bertz CT molecular complexity index is 245. The molecule has 1 rings (SSSR count). The molecule has 0 N–H and O–H groups in total. The molecule has 0 aromatic carbocycles. The average molecular weight is 255 g/mol. The molecule has 1 aliphatic rings. The molecule has 0 aromatic heterocycles. The molecule has 0 heterocycles. The highest BCUT2D eigenvalue weighted by atomic mass is 16.5. The van der Waals surface area contributed by atoms with E-state index in [2.05, 4.69) is 13.8 Å². The van der Waals surface area contributed by atoms with Crippen LogP contribution in [0.25, 0.3) is 0 Å². The number of methoxy groups -OCH3 is 1. The van der Waals surface area contributed by atoms with Crippen molar-refractivity contribution in [2.75, 3.05) is 20.8 Å². The van der Waals surface area contributed by atoms with Crippen molar-refractivity contribution in [1.29, 1.82) is 0 Å². The van der Waals surface area contributed by atoms with Gasteiger partial charge >= 0.3 is 0 Å². The largest absolute Gasteiger partial charge is 0.385 e. The number of hydrogen-bond acceptors (Lipinski definition) is 2. The summed E-state index contributed by atoms with van der Waals surface area (Å²) in [5.41, 5.74) is 0. The highest BCUT2D eigenvalue weighted by Crippen LogP contribution is 2.31. The van der Waals surface area contributed by atoms with Crippen molar-refractivity contribution >= 4 is 5.91 Å². The number of rotatable bonds is 6. The van der Waals surface area contributed by atoms with Crippen molar-refractivity contribution < 1.29 is 9.53 Å². The van der Waals surface area contributed by atoms with Crippen LogP contribution in [0.3, 0.4) is 0 Å². The van der Waals surface area contributed by atoms with Gasteiger partial charge in [-0.15, -0.1) is 0 Å². The molecule has 0 unspecified atom stereocenters. The van der Waals surface area contributed by atoms with Crippen LogP contribution in [0.5, 0.6) is 0 Å². The summed E-state index contributed by atoms with van der Waals surface area (Å²) in [5.74, 6) is 1.92. The molecule has 3 nitrogen and oxygen atoms in total. The van der Waals surface area contributed by atoms with Crippen molar-refractivity contribution in [2.45, 2.75) is 58.4 Å². The van der Waals surface area contributed by atoms with Crippen molar-refractivity contribution in [3.8, 4) is 0 Å². The maximum Gasteiger partial charge on any atom is 0.222 e. The first kappa shape index (κ1) is 15.5. The van der Waals surface area contributed by atoms with Crippen LogP contribution in [0.1, 0.15) is 52.4 Å². The van der Waals surface area contributed by atoms with Crippen molar-refractivity contribution in [3.05, 3.63) is 0 Å². The van der Waals surface area contributed by atoms with Crippen LogP contribution in [0, 0.1) is 11.8 Å². The molecule has 3 heteroatoms. The lowest BCUT2D eigenvalue weighted by atomic mass is 9.79. The van der Waals surface area contributed by atoms with Crippen LogP contribution in [0.2, 0.25) is 0 Å². The molecule has 0 spiro atoms. The third-order valence-corrected chi connectivity index (χ3v) is 4.36. The number of nitrogens with zero attached hydrogens (tertiary/aromatic N) is 1. The summed E-state index contributed by atoms with van der Waals surface area (Å²) in [6.07, 6.45) is 6.36. The van der Waals surface area contributed by atoms with E-state index in [0.717, 1.165) is 18.3 Å². The van der Waals surface area contributed by atoms with E-state index in [1.165, 1.54) is 25.7 Å². The minimum Gasteiger partial charge on any atom is -0.385 e. The van der Waals surface area contributed by atoms with E-state index in [0.29, 0.717) is 19.1 Å². The van der Waals surface area contributed by atoms with Crippen LogP contribution in [-0.4, -0.2) is 37.6 Å². The van der Waals surface area contributed by atoms with Gasteiger partial charge in [0.05, 0.1) is 0 Å². The first-order valence-corrected chi connectivity index (χ1v) is 7.30. The Kier molecular flexibility index (Phi) is 6.69. The van der Waals surface area contributed by atoms with E-state index in [-0.39, 0.29) is 5.91 Å². The SMILES string of the molecule is COCCCC(=O)N(C)C1CCC(C(C)C)CC1. The summed E-state index contributed by atoms with van der Waals surface area (Å²) in [6.45, 7) is 5.30. The normalized spacial score (nSPS) is 24.3. The zero-order valence-corrected chi connectivity index (χ0v) is 12.4. The number of amides is 1. The fraction of sp³-hybridized carbons (Fsp3) is 0.933. The van der Waals surface area contributed by atoms with Crippen LogP contribution < -0.4 is 0 Å². The third kappa shape index (κ3) is 4.60. The van der Waals surface area contributed by atoms with Crippen LogP contribution in [-0.2, 0) is 9.53 Å². The van der Waals surface area contributed by atoms with E-state index >= 15 is 0 Å². The minimum atomic E-state index is 0.278. The fourth-order valence-electron chi connectivity index (χ4n) is 2.90. The summed E-state index contributed by atoms with van der Waals surface area (Å²) in [7, 11) is 3.65. The second-order valence-corrected chi connectivity index (χ2v) is 5.91. The van der Waals surface area contributed by atoms with Gasteiger partial charge in [-0.3, -0.25) is 4.79 Å². The topological polar surface area (TPSA) is 29.5 Å². The lowest BCUT2D eigenvalue weighted by Gasteiger charge is -2.36. The first-order chi connectivity index (χ1) is 8.56.